The molecule has 4 nitrogen and oxygen atoms in total. The Hall–Kier alpha value is -0.340. The third-order valence-electron chi connectivity index (χ3n) is 3.72. The number of aliphatic imine (C=N–C) groups is 1. The normalized spacial score (nSPS) is 13.1. The molecule has 0 fully saturated rings. The fraction of sp³-hybridized carbons (Fsp3) is 0.706. The quantitative estimate of drug-likeness (QED) is 0.341. The van der Waals surface area contributed by atoms with Crippen LogP contribution in [0.15, 0.2) is 22.5 Å². The van der Waals surface area contributed by atoms with Crippen molar-refractivity contribution in [1.82, 2.24) is 15.5 Å². The van der Waals surface area contributed by atoms with Gasteiger partial charge < -0.3 is 10.6 Å². The molecule has 0 aliphatic carbocycles. The highest BCUT2D eigenvalue weighted by molar-refractivity contribution is 14.0. The lowest BCUT2D eigenvalue weighted by molar-refractivity contribution is 0.237. The topological polar surface area (TPSA) is 39.7 Å². The van der Waals surface area contributed by atoms with E-state index in [1.54, 1.807) is 0 Å². The van der Waals surface area contributed by atoms with Crippen molar-refractivity contribution in [1.29, 1.82) is 0 Å². The van der Waals surface area contributed by atoms with Gasteiger partial charge in [-0.05, 0) is 38.8 Å². The lowest BCUT2D eigenvalue weighted by Crippen LogP contribution is -2.43. The Kier molecular flexibility index (Phi) is 12.8. The van der Waals surface area contributed by atoms with Crippen LogP contribution in [0, 0.1) is 0 Å². The molecule has 0 saturated carbocycles. The van der Waals surface area contributed by atoms with Gasteiger partial charge in [0.1, 0.15) is 0 Å². The number of hydrogen-bond acceptors (Lipinski definition) is 3. The summed E-state index contributed by atoms with van der Waals surface area (Å²) >= 11 is 1.81. The van der Waals surface area contributed by atoms with Gasteiger partial charge in [-0.3, -0.25) is 9.89 Å². The van der Waals surface area contributed by atoms with Crippen LogP contribution in [-0.2, 0) is 0 Å². The summed E-state index contributed by atoms with van der Waals surface area (Å²) in [5.41, 5.74) is 0. The molecule has 1 rings (SSSR count). The predicted molar refractivity (Wildman–Crippen MR) is 115 cm³/mol. The lowest BCUT2D eigenvalue weighted by Gasteiger charge is -2.25. The fourth-order valence-electron chi connectivity index (χ4n) is 2.33. The number of hydrogen-bond donors (Lipinski definition) is 2. The summed E-state index contributed by atoms with van der Waals surface area (Å²) < 4.78 is 0. The molecule has 1 aromatic heterocycles. The van der Waals surface area contributed by atoms with Gasteiger partial charge in [0.25, 0.3) is 0 Å². The molecule has 2 N–H and O–H groups in total. The molecule has 1 unspecified atom stereocenters. The van der Waals surface area contributed by atoms with E-state index >= 15 is 0 Å². The largest absolute Gasteiger partial charge is 0.357 e. The van der Waals surface area contributed by atoms with Gasteiger partial charge in [-0.25, -0.2) is 0 Å². The first-order valence-electron chi connectivity index (χ1n) is 8.38. The minimum Gasteiger partial charge on any atom is -0.357 e. The van der Waals surface area contributed by atoms with Crippen molar-refractivity contribution in [2.24, 2.45) is 4.99 Å². The van der Waals surface area contributed by atoms with Crippen molar-refractivity contribution < 1.29 is 0 Å². The van der Waals surface area contributed by atoms with Crippen LogP contribution in [-0.4, -0.2) is 49.6 Å². The highest BCUT2D eigenvalue weighted by atomic mass is 127. The molecule has 0 amide bonds. The number of guanidine groups is 1. The molecule has 0 saturated heterocycles. The maximum atomic E-state index is 4.72. The first kappa shape index (κ1) is 22.7. The first-order chi connectivity index (χ1) is 10.6. The Bertz CT molecular complexity index is 420. The number of rotatable bonds is 9. The number of halogens is 1. The average Bonchev–Trinajstić information content (AvgIpc) is 3.02. The van der Waals surface area contributed by atoms with Gasteiger partial charge in [0.05, 0.1) is 6.54 Å². The summed E-state index contributed by atoms with van der Waals surface area (Å²) in [7, 11) is 0. The summed E-state index contributed by atoms with van der Waals surface area (Å²) in [6.07, 6.45) is 0. The Morgan fingerprint density at radius 3 is 2.52 bits per heavy atom. The standard InChI is InChI=1S/C17H32N4S.HI/c1-6-18-17(19-10-11-21(7-2)14(3)4)20-13-15(5)16-9-8-12-22-16;/h8-9,12,14-15H,6-7,10-11,13H2,1-5H3,(H2,18,19,20);1H. The summed E-state index contributed by atoms with van der Waals surface area (Å²) in [6.45, 7) is 15.8. The zero-order chi connectivity index (χ0) is 16.4. The molecule has 134 valence electrons. The predicted octanol–water partition coefficient (Wildman–Crippen LogP) is 3.76. The smallest absolute Gasteiger partial charge is 0.191 e. The SMILES string of the molecule is CCNC(=NCC(C)c1cccs1)NCCN(CC)C(C)C.I. The molecule has 0 aliphatic rings. The molecule has 0 aromatic carbocycles. The van der Waals surface area contributed by atoms with E-state index in [0.717, 1.165) is 38.7 Å². The third-order valence-corrected chi connectivity index (χ3v) is 4.83. The summed E-state index contributed by atoms with van der Waals surface area (Å²) in [6, 6.07) is 4.88. The molecule has 0 spiro atoms. The summed E-state index contributed by atoms with van der Waals surface area (Å²) in [5, 5.41) is 8.90. The third kappa shape index (κ3) is 8.91. The number of likely N-dealkylation sites (N-methyl/N-ethyl adjacent to an activating group) is 1. The zero-order valence-electron chi connectivity index (χ0n) is 15.1. The van der Waals surface area contributed by atoms with Gasteiger partial charge in [-0.2, -0.15) is 0 Å². The fourth-order valence-corrected chi connectivity index (χ4v) is 3.11. The molecule has 0 bridgehead atoms. The second-order valence-electron chi connectivity index (χ2n) is 5.79. The van der Waals surface area contributed by atoms with Crippen molar-refractivity contribution in [3.63, 3.8) is 0 Å². The molecule has 1 heterocycles. The van der Waals surface area contributed by atoms with E-state index in [1.165, 1.54) is 4.88 Å². The second kappa shape index (κ2) is 13.0. The van der Waals surface area contributed by atoms with Crippen LogP contribution < -0.4 is 10.6 Å². The minimum absolute atomic E-state index is 0. The summed E-state index contributed by atoms with van der Waals surface area (Å²) in [4.78, 5) is 8.57. The first-order valence-corrected chi connectivity index (χ1v) is 9.26. The zero-order valence-corrected chi connectivity index (χ0v) is 18.3. The van der Waals surface area contributed by atoms with Crippen LogP contribution in [0.2, 0.25) is 0 Å². The monoisotopic (exact) mass is 452 g/mol. The van der Waals surface area contributed by atoms with Gasteiger partial charge in [0.15, 0.2) is 5.96 Å². The number of nitrogens with zero attached hydrogens (tertiary/aromatic N) is 2. The maximum Gasteiger partial charge on any atom is 0.191 e. The molecule has 0 radical (unpaired) electrons. The molecule has 6 heteroatoms. The molecule has 1 atom stereocenters. The van der Waals surface area contributed by atoms with Crippen LogP contribution in [0.3, 0.4) is 0 Å². The van der Waals surface area contributed by atoms with Crippen LogP contribution in [0.1, 0.15) is 45.4 Å². The number of nitrogens with one attached hydrogen (secondary N) is 2. The van der Waals surface area contributed by atoms with Crippen LogP contribution >= 0.6 is 35.3 Å². The molecular weight excluding hydrogens is 419 g/mol. The second-order valence-corrected chi connectivity index (χ2v) is 6.76. The Morgan fingerprint density at radius 1 is 1.26 bits per heavy atom. The molecule has 23 heavy (non-hydrogen) atoms. The van der Waals surface area contributed by atoms with E-state index in [9.17, 15) is 0 Å². The number of thiophene rings is 1. The molecule has 0 aliphatic heterocycles. The van der Waals surface area contributed by atoms with E-state index in [-0.39, 0.29) is 24.0 Å². The average molecular weight is 452 g/mol. The van der Waals surface area contributed by atoms with Crippen LogP contribution in [0.4, 0.5) is 0 Å². The lowest BCUT2D eigenvalue weighted by atomic mass is 10.1. The van der Waals surface area contributed by atoms with Crippen molar-refractivity contribution in [3.8, 4) is 0 Å². The molecule has 1 aromatic rings. The highest BCUT2D eigenvalue weighted by Crippen LogP contribution is 2.20. The minimum atomic E-state index is 0. The Balaban J connectivity index is 0.00000484. The van der Waals surface area contributed by atoms with Gasteiger partial charge in [0, 0.05) is 36.5 Å². The van der Waals surface area contributed by atoms with Gasteiger partial charge in [-0.15, -0.1) is 35.3 Å². The highest BCUT2D eigenvalue weighted by Gasteiger charge is 2.08. The Labute approximate surface area is 163 Å². The van der Waals surface area contributed by atoms with Crippen molar-refractivity contribution in [3.05, 3.63) is 22.4 Å². The van der Waals surface area contributed by atoms with E-state index in [0.29, 0.717) is 12.0 Å². The van der Waals surface area contributed by atoms with Crippen molar-refractivity contribution in [2.45, 2.75) is 46.6 Å². The van der Waals surface area contributed by atoms with Crippen LogP contribution in [0.5, 0.6) is 0 Å². The summed E-state index contributed by atoms with van der Waals surface area (Å²) in [5.74, 6) is 1.39. The van der Waals surface area contributed by atoms with Crippen molar-refractivity contribution in [2.75, 3.05) is 32.7 Å². The maximum absolute atomic E-state index is 4.72. The van der Waals surface area contributed by atoms with E-state index in [2.05, 4.69) is 67.7 Å². The van der Waals surface area contributed by atoms with Gasteiger partial charge in [-0.1, -0.05) is 19.9 Å². The van der Waals surface area contributed by atoms with E-state index in [4.69, 9.17) is 4.99 Å². The van der Waals surface area contributed by atoms with Gasteiger partial charge in [0.2, 0.25) is 0 Å². The molecular formula is C17H33IN4S. The Morgan fingerprint density at radius 2 is 2.00 bits per heavy atom. The van der Waals surface area contributed by atoms with Crippen LogP contribution in [0.25, 0.3) is 0 Å². The van der Waals surface area contributed by atoms with Gasteiger partial charge >= 0.3 is 0 Å². The van der Waals surface area contributed by atoms with E-state index < -0.39 is 0 Å². The van der Waals surface area contributed by atoms with Crippen molar-refractivity contribution >= 4 is 41.3 Å². The van der Waals surface area contributed by atoms with E-state index in [1.807, 2.05) is 11.3 Å².